The summed E-state index contributed by atoms with van der Waals surface area (Å²) in [7, 11) is 0. The zero-order valence-corrected chi connectivity index (χ0v) is 13.8. The van der Waals surface area contributed by atoms with E-state index >= 15 is 0 Å². The molecule has 2 aromatic heterocycles. The van der Waals surface area contributed by atoms with Gasteiger partial charge >= 0.3 is 6.18 Å². The SMILES string of the molecule is CCNC(=O)Cn1nc(N)c2c(C(F)(F)F)cc(-c3ccccc3)nc21. The zero-order chi connectivity index (χ0) is 18.9. The molecule has 3 rings (SSSR count). The maximum atomic E-state index is 13.6. The largest absolute Gasteiger partial charge is 0.417 e. The lowest BCUT2D eigenvalue weighted by atomic mass is 10.1. The molecule has 9 heteroatoms. The Hall–Kier alpha value is -3.10. The van der Waals surface area contributed by atoms with Gasteiger partial charge in [-0.3, -0.25) is 4.79 Å². The predicted molar refractivity (Wildman–Crippen MR) is 91.1 cm³/mol. The number of nitrogens with two attached hydrogens (primary N) is 1. The van der Waals surface area contributed by atoms with Crippen LogP contribution in [0.1, 0.15) is 12.5 Å². The molecule has 0 saturated carbocycles. The first-order chi connectivity index (χ1) is 12.3. The number of aromatic nitrogens is 3. The summed E-state index contributed by atoms with van der Waals surface area (Å²) < 4.78 is 41.9. The molecule has 0 aliphatic heterocycles. The van der Waals surface area contributed by atoms with Gasteiger partial charge in [0.1, 0.15) is 6.54 Å². The van der Waals surface area contributed by atoms with E-state index in [0.29, 0.717) is 12.1 Å². The van der Waals surface area contributed by atoms with Crippen LogP contribution in [0.15, 0.2) is 36.4 Å². The van der Waals surface area contributed by atoms with Crippen molar-refractivity contribution in [3.05, 3.63) is 42.0 Å². The van der Waals surface area contributed by atoms with Crippen LogP contribution in [-0.2, 0) is 17.5 Å². The van der Waals surface area contributed by atoms with Gasteiger partial charge in [-0.05, 0) is 13.0 Å². The van der Waals surface area contributed by atoms with E-state index in [4.69, 9.17) is 5.73 Å². The minimum atomic E-state index is -4.64. The molecule has 1 aromatic carbocycles. The van der Waals surface area contributed by atoms with Crippen LogP contribution in [0, 0.1) is 0 Å². The van der Waals surface area contributed by atoms with E-state index in [1.165, 1.54) is 0 Å². The van der Waals surface area contributed by atoms with E-state index < -0.39 is 17.6 Å². The van der Waals surface area contributed by atoms with E-state index in [1.54, 1.807) is 37.3 Å². The number of fused-ring (bicyclic) bond motifs is 1. The van der Waals surface area contributed by atoms with Gasteiger partial charge in [0, 0.05) is 12.1 Å². The van der Waals surface area contributed by atoms with Crippen molar-refractivity contribution in [2.75, 3.05) is 12.3 Å². The van der Waals surface area contributed by atoms with Crippen LogP contribution in [0.2, 0.25) is 0 Å². The van der Waals surface area contributed by atoms with Crippen molar-refractivity contribution in [1.29, 1.82) is 0 Å². The molecule has 2 heterocycles. The number of rotatable bonds is 4. The number of nitrogens with one attached hydrogen (secondary N) is 1. The highest BCUT2D eigenvalue weighted by molar-refractivity contribution is 5.93. The summed E-state index contributed by atoms with van der Waals surface area (Å²) in [6, 6.07) is 9.42. The van der Waals surface area contributed by atoms with Gasteiger partial charge in [-0.25, -0.2) is 9.67 Å². The summed E-state index contributed by atoms with van der Waals surface area (Å²) in [6.45, 7) is 1.86. The minimum Gasteiger partial charge on any atom is -0.382 e. The molecule has 3 aromatic rings. The number of halogens is 3. The van der Waals surface area contributed by atoms with E-state index in [9.17, 15) is 18.0 Å². The summed E-state index contributed by atoms with van der Waals surface area (Å²) in [5.74, 6) is -0.707. The number of nitrogen functional groups attached to an aromatic ring is 1. The maximum absolute atomic E-state index is 13.6. The molecular weight excluding hydrogens is 347 g/mol. The van der Waals surface area contributed by atoms with Gasteiger partial charge in [0.05, 0.1) is 16.6 Å². The number of benzene rings is 1. The number of hydrogen-bond acceptors (Lipinski definition) is 4. The van der Waals surface area contributed by atoms with Crippen LogP contribution in [0.25, 0.3) is 22.3 Å². The lowest BCUT2D eigenvalue weighted by Crippen LogP contribution is -2.27. The number of amides is 1. The van der Waals surface area contributed by atoms with Crippen molar-refractivity contribution < 1.29 is 18.0 Å². The lowest BCUT2D eigenvalue weighted by Gasteiger charge is -2.11. The van der Waals surface area contributed by atoms with Crippen molar-refractivity contribution in [1.82, 2.24) is 20.1 Å². The molecule has 0 fully saturated rings. The molecule has 136 valence electrons. The van der Waals surface area contributed by atoms with Gasteiger partial charge < -0.3 is 11.1 Å². The van der Waals surface area contributed by atoms with Crippen LogP contribution in [-0.4, -0.2) is 27.2 Å². The average molecular weight is 363 g/mol. The van der Waals surface area contributed by atoms with Gasteiger partial charge in [0.2, 0.25) is 5.91 Å². The van der Waals surface area contributed by atoms with Crippen LogP contribution in [0.5, 0.6) is 0 Å². The van der Waals surface area contributed by atoms with Crippen molar-refractivity contribution >= 4 is 22.8 Å². The Kier molecular flexibility index (Phi) is 4.54. The fourth-order valence-corrected chi connectivity index (χ4v) is 2.68. The van der Waals surface area contributed by atoms with E-state index in [2.05, 4.69) is 15.4 Å². The van der Waals surface area contributed by atoms with E-state index in [-0.39, 0.29) is 29.1 Å². The standard InChI is InChI=1S/C17H16F3N5O/c1-2-22-13(26)9-25-16-14(15(21)24-25)11(17(18,19)20)8-12(23-16)10-6-4-3-5-7-10/h3-8H,2,9H2,1H3,(H2,21,24)(H,22,26). The fraction of sp³-hybridized carbons (Fsp3) is 0.235. The molecular formula is C17H16F3N5O. The first-order valence-corrected chi connectivity index (χ1v) is 7.87. The summed E-state index contributed by atoms with van der Waals surface area (Å²) in [4.78, 5) is 16.1. The van der Waals surface area contributed by atoms with Gasteiger partial charge in [0.15, 0.2) is 11.5 Å². The van der Waals surface area contributed by atoms with Crippen LogP contribution >= 0.6 is 0 Å². The third kappa shape index (κ3) is 3.32. The Bertz CT molecular complexity index is 950. The second-order valence-corrected chi connectivity index (χ2v) is 5.61. The third-order valence-electron chi connectivity index (χ3n) is 3.77. The van der Waals surface area contributed by atoms with Crippen LogP contribution < -0.4 is 11.1 Å². The van der Waals surface area contributed by atoms with Crippen molar-refractivity contribution in [3.63, 3.8) is 0 Å². The number of carbonyl (C=O) groups excluding carboxylic acids is 1. The number of pyridine rings is 1. The molecule has 0 aliphatic rings. The topological polar surface area (TPSA) is 85.8 Å². The zero-order valence-electron chi connectivity index (χ0n) is 13.8. The summed E-state index contributed by atoms with van der Waals surface area (Å²) in [5.41, 5.74) is 5.34. The molecule has 1 amide bonds. The Morgan fingerprint density at radius 1 is 1.27 bits per heavy atom. The molecule has 0 bridgehead atoms. The van der Waals surface area contributed by atoms with Crippen molar-refractivity contribution in [2.45, 2.75) is 19.6 Å². The quantitative estimate of drug-likeness (QED) is 0.746. The van der Waals surface area contributed by atoms with Crippen molar-refractivity contribution in [2.24, 2.45) is 0 Å². The highest BCUT2D eigenvalue weighted by atomic mass is 19.4. The van der Waals surface area contributed by atoms with Gasteiger partial charge in [-0.15, -0.1) is 0 Å². The smallest absolute Gasteiger partial charge is 0.382 e. The Morgan fingerprint density at radius 3 is 2.58 bits per heavy atom. The molecule has 26 heavy (non-hydrogen) atoms. The number of likely N-dealkylation sites (N-methyl/N-ethyl adjacent to an activating group) is 1. The van der Waals surface area contributed by atoms with Gasteiger partial charge in [0.25, 0.3) is 0 Å². The first kappa shape index (κ1) is 17.7. The molecule has 3 N–H and O–H groups in total. The molecule has 0 radical (unpaired) electrons. The highest BCUT2D eigenvalue weighted by Crippen LogP contribution is 2.38. The van der Waals surface area contributed by atoms with Crippen LogP contribution in [0.4, 0.5) is 19.0 Å². The van der Waals surface area contributed by atoms with Gasteiger partial charge in [-0.2, -0.15) is 18.3 Å². The van der Waals surface area contributed by atoms with E-state index in [0.717, 1.165) is 10.7 Å². The van der Waals surface area contributed by atoms with Gasteiger partial charge in [-0.1, -0.05) is 30.3 Å². The second-order valence-electron chi connectivity index (χ2n) is 5.61. The highest BCUT2D eigenvalue weighted by Gasteiger charge is 2.36. The first-order valence-electron chi connectivity index (χ1n) is 7.87. The van der Waals surface area contributed by atoms with Crippen molar-refractivity contribution in [3.8, 4) is 11.3 Å². The normalized spacial score (nSPS) is 11.7. The Labute approximate surface area is 146 Å². The fourth-order valence-electron chi connectivity index (χ4n) is 2.68. The Balaban J connectivity index is 2.24. The van der Waals surface area contributed by atoms with Crippen LogP contribution in [0.3, 0.4) is 0 Å². The summed E-state index contributed by atoms with van der Waals surface area (Å²) >= 11 is 0. The lowest BCUT2D eigenvalue weighted by molar-refractivity contribution is -0.136. The summed E-state index contributed by atoms with van der Waals surface area (Å²) in [6.07, 6.45) is -4.64. The average Bonchev–Trinajstić information content (AvgIpc) is 2.90. The molecule has 0 spiro atoms. The number of nitrogens with zero attached hydrogens (tertiary/aromatic N) is 3. The molecule has 0 aliphatic carbocycles. The molecule has 0 atom stereocenters. The molecule has 0 saturated heterocycles. The second kappa shape index (κ2) is 6.66. The monoisotopic (exact) mass is 363 g/mol. The van der Waals surface area contributed by atoms with E-state index in [1.807, 2.05) is 0 Å². The predicted octanol–water partition coefficient (Wildman–Crippen LogP) is 2.84. The third-order valence-corrected chi connectivity index (χ3v) is 3.77. The number of hydrogen-bond donors (Lipinski definition) is 2. The number of carbonyl (C=O) groups is 1. The Morgan fingerprint density at radius 2 is 1.96 bits per heavy atom. The molecule has 0 unspecified atom stereocenters. The molecule has 6 nitrogen and oxygen atoms in total. The minimum absolute atomic E-state index is 0.0811. The summed E-state index contributed by atoms with van der Waals surface area (Å²) in [5, 5.41) is 6.16. The number of alkyl halides is 3. The maximum Gasteiger partial charge on any atom is 0.417 e. The number of anilines is 1.